The van der Waals surface area contributed by atoms with Crippen molar-refractivity contribution in [1.82, 2.24) is 4.98 Å². The molecule has 4 heterocycles. The highest BCUT2D eigenvalue weighted by Gasteiger charge is 2.30. The number of fused-ring (bicyclic) bond motifs is 7. The number of piperidine rings is 1. The second-order valence-electron chi connectivity index (χ2n) is 8.62. The van der Waals surface area contributed by atoms with Crippen LogP contribution < -0.4 is 21.3 Å². The number of nitrogens with one attached hydrogen (secondary N) is 2. The highest BCUT2D eigenvalue weighted by Crippen LogP contribution is 2.38. The molecule has 33 heavy (non-hydrogen) atoms. The normalized spacial score (nSPS) is 18.4. The van der Waals surface area contributed by atoms with E-state index >= 15 is 0 Å². The summed E-state index contributed by atoms with van der Waals surface area (Å²) in [5, 5.41) is 15.5. The third-order valence-corrected chi connectivity index (χ3v) is 6.22. The SMILES string of the molecule is CC.CC12C/C=C/CCNc3nc(ccc3C#N)NC(=O)c3ccc(N)cc3N(CC1)CC2. The van der Waals surface area contributed by atoms with E-state index in [9.17, 15) is 10.1 Å². The third-order valence-electron chi connectivity index (χ3n) is 6.22. The number of carbonyl (C=O) groups is 1. The van der Waals surface area contributed by atoms with Crippen molar-refractivity contribution in [3.63, 3.8) is 0 Å². The van der Waals surface area contributed by atoms with Gasteiger partial charge < -0.3 is 21.3 Å². The van der Waals surface area contributed by atoms with Gasteiger partial charge in [0.25, 0.3) is 5.91 Å². The lowest BCUT2D eigenvalue weighted by molar-refractivity contribution is 0.102. The number of rotatable bonds is 0. The molecular weight excluding hydrogens is 412 g/mol. The van der Waals surface area contributed by atoms with E-state index in [1.54, 1.807) is 24.3 Å². The first-order valence-corrected chi connectivity index (χ1v) is 11.7. The van der Waals surface area contributed by atoms with Gasteiger partial charge in [0.2, 0.25) is 0 Å². The number of anilines is 4. The first-order chi connectivity index (χ1) is 16.0. The van der Waals surface area contributed by atoms with Crippen molar-refractivity contribution in [2.75, 3.05) is 40.9 Å². The van der Waals surface area contributed by atoms with Crippen molar-refractivity contribution in [2.45, 2.75) is 46.5 Å². The molecule has 5 rings (SSSR count). The van der Waals surface area contributed by atoms with Gasteiger partial charge in [-0.15, -0.1) is 0 Å². The second-order valence-corrected chi connectivity index (χ2v) is 8.62. The Morgan fingerprint density at radius 2 is 1.91 bits per heavy atom. The minimum atomic E-state index is -0.238. The molecule has 2 aromatic rings. The molecule has 0 radical (unpaired) electrons. The second kappa shape index (κ2) is 10.9. The number of nitrogens with two attached hydrogens (primary N) is 1. The lowest BCUT2D eigenvalue weighted by atomic mass is 9.77. The van der Waals surface area contributed by atoms with Crippen LogP contribution in [0.2, 0.25) is 0 Å². The van der Waals surface area contributed by atoms with Gasteiger partial charge in [-0.1, -0.05) is 32.9 Å². The summed E-state index contributed by atoms with van der Waals surface area (Å²) < 4.78 is 0. The lowest BCUT2D eigenvalue weighted by Gasteiger charge is -2.40. The number of allylic oxidation sites excluding steroid dienone is 1. The van der Waals surface area contributed by atoms with E-state index in [1.807, 2.05) is 19.9 Å². The fourth-order valence-electron chi connectivity index (χ4n) is 4.19. The van der Waals surface area contributed by atoms with Gasteiger partial charge >= 0.3 is 0 Å². The Morgan fingerprint density at radius 1 is 1.15 bits per heavy atom. The van der Waals surface area contributed by atoms with E-state index in [-0.39, 0.29) is 11.3 Å². The lowest BCUT2D eigenvalue weighted by Crippen LogP contribution is -2.39. The van der Waals surface area contributed by atoms with Crippen molar-refractivity contribution >= 4 is 28.9 Å². The third kappa shape index (κ3) is 5.83. The summed E-state index contributed by atoms with van der Waals surface area (Å²) in [5.74, 6) is 0.643. The van der Waals surface area contributed by atoms with Crippen LogP contribution in [0.1, 0.15) is 62.4 Å². The van der Waals surface area contributed by atoms with E-state index in [4.69, 9.17) is 5.73 Å². The first kappa shape index (κ1) is 24.1. The van der Waals surface area contributed by atoms with Crippen molar-refractivity contribution in [3.05, 3.63) is 53.6 Å². The molecule has 0 aliphatic carbocycles. The van der Waals surface area contributed by atoms with Crippen molar-refractivity contribution in [2.24, 2.45) is 5.41 Å². The summed E-state index contributed by atoms with van der Waals surface area (Å²) >= 11 is 0. The highest BCUT2D eigenvalue weighted by molar-refractivity contribution is 6.08. The number of aromatic nitrogens is 1. The van der Waals surface area contributed by atoms with Crippen molar-refractivity contribution in [3.8, 4) is 6.07 Å². The Bertz CT molecular complexity index is 1050. The van der Waals surface area contributed by atoms with Crippen LogP contribution in [0.5, 0.6) is 0 Å². The molecule has 7 heteroatoms. The molecule has 0 unspecified atom stereocenters. The number of amides is 1. The van der Waals surface area contributed by atoms with Gasteiger partial charge in [-0.05, 0) is 61.4 Å². The number of benzene rings is 1. The number of nitriles is 1. The Hall–Kier alpha value is -3.53. The van der Waals surface area contributed by atoms with Gasteiger partial charge in [0.05, 0.1) is 16.8 Å². The Labute approximate surface area is 196 Å². The summed E-state index contributed by atoms with van der Waals surface area (Å²) in [5.41, 5.74) is 8.82. The van der Waals surface area contributed by atoms with Crippen LogP contribution in [0.3, 0.4) is 0 Å². The molecule has 7 nitrogen and oxygen atoms in total. The minimum Gasteiger partial charge on any atom is -0.399 e. The van der Waals surface area contributed by atoms with Crippen molar-refractivity contribution in [1.29, 1.82) is 5.26 Å². The quantitative estimate of drug-likeness (QED) is 0.380. The maximum Gasteiger partial charge on any atom is 0.258 e. The van der Waals surface area contributed by atoms with Gasteiger partial charge in [-0.3, -0.25) is 4.79 Å². The first-order valence-electron chi connectivity index (χ1n) is 11.7. The fraction of sp³-hybridized carbons (Fsp3) is 0.423. The topological polar surface area (TPSA) is 107 Å². The summed E-state index contributed by atoms with van der Waals surface area (Å²) in [6, 6.07) is 10.9. The number of carbonyl (C=O) groups excluding carboxylic acids is 1. The summed E-state index contributed by atoms with van der Waals surface area (Å²) in [4.78, 5) is 19.9. The number of nitrogen functional groups attached to an aromatic ring is 1. The number of hydrogen-bond acceptors (Lipinski definition) is 6. The molecule has 0 spiro atoms. The van der Waals surface area contributed by atoms with Gasteiger partial charge in [0, 0.05) is 25.3 Å². The summed E-state index contributed by atoms with van der Waals surface area (Å²) in [7, 11) is 0. The van der Waals surface area contributed by atoms with Crippen LogP contribution in [-0.2, 0) is 0 Å². The average molecular weight is 447 g/mol. The molecule has 4 bridgehead atoms. The molecule has 1 amide bonds. The highest BCUT2D eigenvalue weighted by atomic mass is 16.1. The van der Waals surface area contributed by atoms with Crippen LogP contribution in [-0.4, -0.2) is 30.5 Å². The predicted octanol–water partition coefficient (Wildman–Crippen LogP) is 5.18. The molecule has 1 saturated heterocycles. The van der Waals surface area contributed by atoms with Gasteiger partial charge in [-0.25, -0.2) is 4.98 Å². The van der Waals surface area contributed by atoms with Crippen LogP contribution in [0.15, 0.2) is 42.5 Å². The molecule has 1 fully saturated rings. The molecule has 3 aliphatic rings. The smallest absolute Gasteiger partial charge is 0.258 e. The van der Waals surface area contributed by atoms with E-state index in [2.05, 4.69) is 45.7 Å². The van der Waals surface area contributed by atoms with Crippen LogP contribution >= 0.6 is 0 Å². The van der Waals surface area contributed by atoms with Gasteiger partial charge in [0.1, 0.15) is 17.7 Å². The van der Waals surface area contributed by atoms with Crippen LogP contribution in [0.25, 0.3) is 0 Å². The number of nitrogens with zero attached hydrogens (tertiary/aromatic N) is 3. The van der Waals surface area contributed by atoms with Crippen LogP contribution in [0, 0.1) is 16.7 Å². The van der Waals surface area contributed by atoms with Gasteiger partial charge in [0.15, 0.2) is 0 Å². The maximum absolute atomic E-state index is 13.1. The Kier molecular flexibility index (Phi) is 7.94. The zero-order valence-electron chi connectivity index (χ0n) is 19.8. The van der Waals surface area contributed by atoms with E-state index in [0.29, 0.717) is 35.0 Å². The van der Waals surface area contributed by atoms with E-state index in [1.165, 1.54) is 0 Å². The summed E-state index contributed by atoms with van der Waals surface area (Å²) in [6.45, 7) is 8.77. The molecule has 174 valence electrons. The molecular formula is C26H34N6O. The Morgan fingerprint density at radius 3 is 2.64 bits per heavy atom. The molecule has 1 aromatic carbocycles. The number of pyridine rings is 1. The largest absolute Gasteiger partial charge is 0.399 e. The van der Waals surface area contributed by atoms with Gasteiger partial charge in [-0.2, -0.15) is 5.26 Å². The molecule has 4 N–H and O–H groups in total. The predicted molar refractivity (Wildman–Crippen MR) is 136 cm³/mol. The molecule has 0 atom stereocenters. The minimum absolute atomic E-state index is 0.238. The molecule has 3 aliphatic heterocycles. The standard InChI is InChI=1S/C24H28N6O.C2H6/c1-24-9-3-2-4-12-27-22-17(16-25)5-8-21(28-22)29-23(31)19-7-6-18(26)15-20(19)30(13-10-24)14-11-24;1-2/h2-3,5-8,15H,4,9-14,26H2,1H3,(H2,27,28,29,31);1-2H3/b3-2+;. The zero-order chi connectivity index (χ0) is 23.8. The zero-order valence-corrected chi connectivity index (χ0v) is 19.8. The monoisotopic (exact) mass is 446 g/mol. The summed E-state index contributed by atoms with van der Waals surface area (Å²) in [6.07, 6.45) is 8.44. The Balaban J connectivity index is 0.00000149. The maximum atomic E-state index is 13.1. The van der Waals surface area contributed by atoms with E-state index in [0.717, 1.165) is 44.5 Å². The fourth-order valence-corrected chi connectivity index (χ4v) is 4.19. The number of hydrogen-bond donors (Lipinski definition) is 3. The van der Waals surface area contributed by atoms with Crippen LogP contribution in [0.4, 0.5) is 23.0 Å². The average Bonchev–Trinajstić information content (AvgIpc) is 2.83. The van der Waals surface area contributed by atoms with E-state index < -0.39 is 0 Å². The molecule has 0 saturated carbocycles. The molecule has 1 aromatic heterocycles. The van der Waals surface area contributed by atoms with Crippen molar-refractivity contribution < 1.29 is 4.79 Å².